The normalized spacial score (nSPS) is 25.7. The van der Waals surface area contributed by atoms with Gasteiger partial charge in [-0.3, -0.25) is 0 Å². The molecule has 3 rings (SSSR count). The van der Waals surface area contributed by atoms with Crippen molar-refractivity contribution in [1.82, 2.24) is 15.3 Å². The van der Waals surface area contributed by atoms with Gasteiger partial charge in [-0.25, -0.2) is 9.97 Å². The Labute approximate surface area is 138 Å². The number of aryl methyl sites for hydroxylation is 1. The molecule has 2 aliphatic rings. The standard InChI is InChI=1S/C15H21F3N4O2/c16-15(17,18)3-1-12-2-4-20-13(21-12)22-6-8-24-14(10-22)9-19-5-7-23-11-14/h2,4,19H,1,3,5-11H2/t14-/m1/s1. The van der Waals surface area contributed by atoms with Crippen LogP contribution in [0.4, 0.5) is 19.1 Å². The highest BCUT2D eigenvalue weighted by molar-refractivity contribution is 5.32. The molecular formula is C15H21F3N4O2. The summed E-state index contributed by atoms with van der Waals surface area (Å²) in [6.07, 6.45) is -3.69. The molecule has 1 N–H and O–H groups in total. The summed E-state index contributed by atoms with van der Waals surface area (Å²) in [7, 11) is 0. The number of halogens is 3. The van der Waals surface area contributed by atoms with Crippen molar-refractivity contribution in [3.8, 4) is 0 Å². The Hall–Kier alpha value is -1.45. The first-order chi connectivity index (χ1) is 11.5. The average Bonchev–Trinajstić information content (AvgIpc) is 2.78. The van der Waals surface area contributed by atoms with Gasteiger partial charge in [-0.2, -0.15) is 13.2 Å². The van der Waals surface area contributed by atoms with Crippen molar-refractivity contribution in [2.75, 3.05) is 50.9 Å². The average molecular weight is 346 g/mol. The van der Waals surface area contributed by atoms with E-state index < -0.39 is 18.2 Å². The number of alkyl halides is 3. The Morgan fingerprint density at radius 2 is 2.21 bits per heavy atom. The number of rotatable bonds is 3. The second kappa shape index (κ2) is 7.20. The van der Waals surface area contributed by atoms with Gasteiger partial charge in [-0.05, 0) is 12.5 Å². The van der Waals surface area contributed by atoms with Crippen LogP contribution in [0.1, 0.15) is 12.1 Å². The van der Waals surface area contributed by atoms with Crippen LogP contribution in [-0.4, -0.2) is 67.7 Å². The lowest BCUT2D eigenvalue weighted by Crippen LogP contribution is -2.58. The van der Waals surface area contributed by atoms with Crippen LogP contribution < -0.4 is 10.2 Å². The lowest BCUT2D eigenvalue weighted by molar-refractivity contribution is -0.134. The van der Waals surface area contributed by atoms with Crippen LogP contribution in [0.25, 0.3) is 0 Å². The zero-order valence-electron chi connectivity index (χ0n) is 13.3. The zero-order chi connectivity index (χ0) is 17.0. The highest BCUT2D eigenvalue weighted by atomic mass is 19.4. The van der Waals surface area contributed by atoms with E-state index in [-0.39, 0.29) is 6.42 Å². The van der Waals surface area contributed by atoms with Crippen LogP contribution in [-0.2, 0) is 15.9 Å². The summed E-state index contributed by atoms with van der Waals surface area (Å²) in [6, 6.07) is 1.53. The molecule has 0 radical (unpaired) electrons. The number of aromatic nitrogens is 2. The van der Waals surface area contributed by atoms with E-state index in [2.05, 4.69) is 15.3 Å². The molecule has 1 spiro atoms. The highest BCUT2D eigenvalue weighted by Crippen LogP contribution is 2.24. The van der Waals surface area contributed by atoms with Gasteiger partial charge in [-0.1, -0.05) is 0 Å². The van der Waals surface area contributed by atoms with Gasteiger partial charge in [0.15, 0.2) is 0 Å². The summed E-state index contributed by atoms with van der Waals surface area (Å²) in [6.45, 7) is 4.19. The Kier molecular flexibility index (Phi) is 5.21. The third-order valence-corrected chi connectivity index (χ3v) is 4.13. The molecule has 0 bridgehead atoms. The van der Waals surface area contributed by atoms with Crippen molar-refractivity contribution in [1.29, 1.82) is 0 Å². The minimum atomic E-state index is -4.18. The largest absolute Gasteiger partial charge is 0.389 e. The van der Waals surface area contributed by atoms with Crippen molar-refractivity contribution in [2.45, 2.75) is 24.6 Å². The smallest absolute Gasteiger partial charge is 0.377 e. The molecule has 0 aromatic carbocycles. The molecule has 0 aliphatic carbocycles. The van der Waals surface area contributed by atoms with Crippen molar-refractivity contribution in [3.05, 3.63) is 18.0 Å². The van der Waals surface area contributed by atoms with Crippen LogP contribution in [0, 0.1) is 0 Å². The van der Waals surface area contributed by atoms with Gasteiger partial charge in [0.1, 0.15) is 5.60 Å². The van der Waals surface area contributed by atoms with Crippen molar-refractivity contribution >= 4 is 5.95 Å². The van der Waals surface area contributed by atoms with Gasteiger partial charge in [0.2, 0.25) is 5.95 Å². The van der Waals surface area contributed by atoms with Crippen molar-refractivity contribution < 1.29 is 22.6 Å². The van der Waals surface area contributed by atoms with E-state index >= 15 is 0 Å². The van der Waals surface area contributed by atoms with Gasteiger partial charge >= 0.3 is 6.18 Å². The molecule has 24 heavy (non-hydrogen) atoms. The minimum Gasteiger partial charge on any atom is -0.377 e. The summed E-state index contributed by atoms with van der Waals surface area (Å²) >= 11 is 0. The Morgan fingerprint density at radius 3 is 3.04 bits per heavy atom. The zero-order valence-corrected chi connectivity index (χ0v) is 13.3. The van der Waals surface area contributed by atoms with Crippen LogP contribution in [0.2, 0.25) is 0 Å². The molecule has 2 fully saturated rings. The van der Waals surface area contributed by atoms with Crippen LogP contribution in [0.5, 0.6) is 0 Å². The van der Waals surface area contributed by atoms with E-state index in [1.54, 1.807) is 0 Å². The maximum atomic E-state index is 12.4. The van der Waals surface area contributed by atoms with E-state index in [0.717, 1.165) is 6.54 Å². The highest BCUT2D eigenvalue weighted by Gasteiger charge is 2.39. The van der Waals surface area contributed by atoms with Gasteiger partial charge in [0, 0.05) is 37.9 Å². The molecule has 9 heteroatoms. The molecule has 6 nitrogen and oxygen atoms in total. The quantitative estimate of drug-likeness (QED) is 0.887. The number of hydrogen-bond donors (Lipinski definition) is 1. The van der Waals surface area contributed by atoms with Gasteiger partial charge in [0.05, 0.1) is 26.4 Å². The number of morpholine rings is 1. The van der Waals surface area contributed by atoms with Crippen LogP contribution in [0.3, 0.4) is 0 Å². The van der Waals surface area contributed by atoms with Crippen LogP contribution >= 0.6 is 0 Å². The fraction of sp³-hybridized carbons (Fsp3) is 0.733. The summed E-state index contributed by atoms with van der Waals surface area (Å²) in [5.41, 5.74) is -0.0757. The monoisotopic (exact) mass is 346 g/mol. The first kappa shape index (κ1) is 17.4. The maximum absolute atomic E-state index is 12.4. The Morgan fingerprint density at radius 1 is 1.33 bits per heavy atom. The summed E-state index contributed by atoms with van der Waals surface area (Å²) in [5, 5.41) is 3.29. The van der Waals surface area contributed by atoms with E-state index in [0.29, 0.717) is 51.1 Å². The predicted octanol–water partition coefficient (Wildman–Crippen LogP) is 1.17. The number of nitrogens with zero attached hydrogens (tertiary/aromatic N) is 3. The lowest BCUT2D eigenvalue weighted by Gasteiger charge is -2.41. The third-order valence-electron chi connectivity index (χ3n) is 4.13. The number of anilines is 1. The molecule has 0 unspecified atom stereocenters. The van der Waals surface area contributed by atoms with Crippen molar-refractivity contribution in [2.24, 2.45) is 0 Å². The van der Waals surface area contributed by atoms with Crippen molar-refractivity contribution in [3.63, 3.8) is 0 Å². The molecule has 0 saturated carbocycles. The topological polar surface area (TPSA) is 59.5 Å². The second-order valence-corrected chi connectivity index (χ2v) is 6.15. The van der Waals surface area contributed by atoms with Gasteiger partial charge in [0.25, 0.3) is 0 Å². The van der Waals surface area contributed by atoms with E-state index in [1.807, 2.05) is 4.90 Å². The minimum absolute atomic E-state index is 0.140. The Balaban J connectivity index is 1.69. The Bertz CT molecular complexity index is 548. The fourth-order valence-corrected chi connectivity index (χ4v) is 2.93. The molecule has 134 valence electrons. The predicted molar refractivity (Wildman–Crippen MR) is 81.0 cm³/mol. The first-order valence-electron chi connectivity index (χ1n) is 8.02. The lowest BCUT2D eigenvalue weighted by atomic mass is 10.0. The second-order valence-electron chi connectivity index (χ2n) is 6.15. The number of ether oxygens (including phenoxy) is 2. The van der Waals surface area contributed by atoms with E-state index in [1.165, 1.54) is 12.3 Å². The SMILES string of the molecule is FC(F)(F)CCc1ccnc(N2CCO[C@]3(CNCCOC3)C2)n1. The number of nitrogens with one attached hydrogen (secondary N) is 1. The van der Waals surface area contributed by atoms with E-state index in [9.17, 15) is 13.2 Å². The first-order valence-corrected chi connectivity index (χ1v) is 8.02. The van der Waals surface area contributed by atoms with Gasteiger partial charge in [-0.15, -0.1) is 0 Å². The summed E-state index contributed by atoms with van der Waals surface area (Å²) < 4.78 is 48.7. The molecule has 1 aromatic rings. The van der Waals surface area contributed by atoms with Crippen LogP contribution in [0.15, 0.2) is 12.3 Å². The number of hydrogen-bond acceptors (Lipinski definition) is 6. The van der Waals surface area contributed by atoms with E-state index in [4.69, 9.17) is 9.47 Å². The summed E-state index contributed by atoms with van der Waals surface area (Å²) in [4.78, 5) is 10.5. The van der Waals surface area contributed by atoms with Gasteiger partial charge < -0.3 is 19.7 Å². The molecule has 1 aromatic heterocycles. The molecule has 3 heterocycles. The molecule has 2 aliphatic heterocycles. The third kappa shape index (κ3) is 4.55. The molecular weight excluding hydrogens is 325 g/mol. The molecule has 0 amide bonds. The summed E-state index contributed by atoms with van der Waals surface area (Å²) in [5.74, 6) is 0.446. The fourth-order valence-electron chi connectivity index (χ4n) is 2.93. The molecule has 1 atom stereocenters. The maximum Gasteiger partial charge on any atom is 0.389 e. The molecule has 2 saturated heterocycles.